The van der Waals surface area contributed by atoms with Gasteiger partial charge in [-0.3, -0.25) is 0 Å². The Hall–Kier alpha value is -1.12. The van der Waals surface area contributed by atoms with Gasteiger partial charge in [0.2, 0.25) is 0 Å². The highest BCUT2D eigenvalue weighted by atomic mass is 15.0. The maximum Gasteiger partial charge on any atom is 0.133 e. The van der Waals surface area contributed by atoms with E-state index in [1.165, 1.54) is 19.3 Å². The lowest BCUT2D eigenvalue weighted by molar-refractivity contribution is 0.401. The average molecular weight is 177 g/mol. The zero-order valence-electron chi connectivity index (χ0n) is 8.17. The maximum absolute atomic E-state index is 4.49. The molecule has 0 saturated heterocycles. The number of hydrogen-bond acceptors (Lipinski definition) is 3. The van der Waals surface area contributed by atoms with Crippen LogP contribution >= 0.6 is 0 Å². The lowest BCUT2D eigenvalue weighted by Crippen LogP contribution is -2.13. The van der Waals surface area contributed by atoms with Gasteiger partial charge in [-0.2, -0.15) is 0 Å². The van der Waals surface area contributed by atoms with E-state index < -0.39 is 0 Å². The summed E-state index contributed by atoms with van der Waals surface area (Å²) in [7, 11) is 1.90. The Kier molecular flexibility index (Phi) is 2.17. The topological polar surface area (TPSA) is 37.8 Å². The monoisotopic (exact) mass is 177 g/mol. The van der Waals surface area contributed by atoms with E-state index in [4.69, 9.17) is 0 Å². The van der Waals surface area contributed by atoms with Crippen molar-refractivity contribution in [2.45, 2.75) is 32.1 Å². The molecule has 3 nitrogen and oxygen atoms in total. The van der Waals surface area contributed by atoms with Gasteiger partial charge in [0.15, 0.2) is 0 Å². The summed E-state index contributed by atoms with van der Waals surface area (Å²) in [4.78, 5) is 8.85. The SMILES string of the molecule is CNc1nc(C2CCC2)ncc1C. The second-order valence-corrected chi connectivity index (χ2v) is 3.64. The molecule has 0 amide bonds. The highest BCUT2D eigenvalue weighted by molar-refractivity contribution is 5.41. The molecule has 1 aromatic rings. The summed E-state index contributed by atoms with van der Waals surface area (Å²) in [6.45, 7) is 2.02. The van der Waals surface area contributed by atoms with E-state index in [1.807, 2.05) is 20.2 Å². The minimum absolute atomic E-state index is 0.618. The van der Waals surface area contributed by atoms with Crippen LogP contribution in [0.25, 0.3) is 0 Å². The Balaban J connectivity index is 2.26. The van der Waals surface area contributed by atoms with E-state index in [0.717, 1.165) is 17.2 Å². The predicted octanol–water partition coefficient (Wildman–Crippen LogP) is 2.09. The van der Waals surface area contributed by atoms with Gasteiger partial charge in [-0.15, -0.1) is 0 Å². The maximum atomic E-state index is 4.49. The molecule has 0 bridgehead atoms. The van der Waals surface area contributed by atoms with Gasteiger partial charge in [0.25, 0.3) is 0 Å². The van der Waals surface area contributed by atoms with Crippen LogP contribution in [0.2, 0.25) is 0 Å². The predicted molar refractivity (Wildman–Crippen MR) is 52.9 cm³/mol. The number of aryl methyl sites for hydroxylation is 1. The van der Waals surface area contributed by atoms with E-state index >= 15 is 0 Å². The van der Waals surface area contributed by atoms with Crippen LogP contribution in [0.15, 0.2) is 6.20 Å². The van der Waals surface area contributed by atoms with Gasteiger partial charge in [-0.1, -0.05) is 6.42 Å². The van der Waals surface area contributed by atoms with Crippen molar-refractivity contribution in [2.24, 2.45) is 0 Å². The fourth-order valence-corrected chi connectivity index (χ4v) is 1.57. The Morgan fingerprint density at radius 3 is 2.77 bits per heavy atom. The first kappa shape index (κ1) is 8.48. The largest absolute Gasteiger partial charge is 0.373 e. The van der Waals surface area contributed by atoms with Crippen LogP contribution < -0.4 is 5.32 Å². The smallest absolute Gasteiger partial charge is 0.133 e. The minimum atomic E-state index is 0.618. The van der Waals surface area contributed by atoms with Gasteiger partial charge in [0.05, 0.1) is 0 Å². The number of hydrogen-bond donors (Lipinski definition) is 1. The summed E-state index contributed by atoms with van der Waals surface area (Å²) in [5.41, 5.74) is 1.12. The summed E-state index contributed by atoms with van der Waals surface area (Å²) < 4.78 is 0. The highest BCUT2D eigenvalue weighted by Crippen LogP contribution is 2.34. The fraction of sp³-hybridized carbons (Fsp3) is 0.600. The molecule has 1 fully saturated rings. The Bertz CT molecular complexity index is 305. The molecule has 1 aromatic heterocycles. The molecular weight excluding hydrogens is 162 g/mol. The van der Waals surface area contributed by atoms with Crippen molar-refractivity contribution in [3.05, 3.63) is 17.6 Å². The van der Waals surface area contributed by atoms with Crippen molar-refractivity contribution in [1.29, 1.82) is 0 Å². The molecule has 1 saturated carbocycles. The van der Waals surface area contributed by atoms with Crippen molar-refractivity contribution in [3.63, 3.8) is 0 Å². The standard InChI is InChI=1S/C10H15N3/c1-7-6-12-10(8-4-3-5-8)13-9(7)11-2/h6,8H,3-5H2,1-2H3,(H,11,12,13). The van der Waals surface area contributed by atoms with Crippen LogP contribution in [0.5, 0.6) is 0 Å². The first-order valence-corrected chi connectivity index (χ1v) is 4.82. The summed E-state index contributed by atoms with van der Waals surface area (Å²) in [5.74, 6) is 2.60. The summed E-state index contributed by atoms with van der Waals surface area (Å²) in [6.07, 6.45) is 5.75. The van der Waals surface area contributed by atoms with E-state index in [0.29, 0.717) is 5.92 Å². The van der Waals surface area contributed by atoms with Crippen LogP contribution in [-0.4, -0.2) is 17.0 Å². The highest BCUT2D eigenvalue weighted by Gasteiger charge is 2.22. The van der Waals surface area contributed by atoms with Gasteiger partial charge >= 0.3 is 0 Å². The van der Waals surface area contributed by atoms with Gasteiger partial charge in [-0.25, -0.2) is 9.97 Å². The summed E-state index contributed by atoms with van der Waals surface area (Å²) in [5, 5.41) is 3.09. The minimum Gasteiger partial charge on any atom is -0.373 e. The Morgan fingerprint density at radius 1 is 1.46 bits per heavy atom. The van der Waals surface area contributed by atoms with Gasteiger partial charge in [-0.05, 0) is 19.8 Å². The Labute approximate surface area is 78.6 Å². The fourth-order valence-electron chi connectivity index (χ4n) is 1.57. The molecule has 1 aliphatic rings. The van der Waals surface area contributed by atoms with E-state index in [9.17, 15) is 0 Å². The third-order valence-corrected chi connectivity index (χ3v) is 2.70. The van der Waals surface area contributed by atoms with Crippen molar-refractivity contribution in [2.75, 3.05) is 12.4 Å². The zero-order valence-corrected chi connectivity index (χ0v) is 8.17. The second-order valence-electron chi connectivity index (χ2n) is 3.64. The van der Waals surface area contributed by atoms with Crippen LogP contribution in [-0.2, 0) is 0 Å². The molecule has 3 heteroatoms. The lowest BCUT2D eigenvalue weighted by Gasteiger charge is -2.24. The molecule has 2 rings (SSSR count). The van der Waals surface area contributed by atoms with Gasteiger partial charge in [0, 0.05) is 24.7 Å². The molecule has 1 aliphatic carbocycles. The molecule has 1 heterocycles. The normalized spacial score (nSPS) is 16.8. The van der Waals surface area contributed by atoms with Crippen molar-refractivity contribution in [1.82, 2.24) is 9.97 Å². The van der Waals surface area contributed by atoms with E-state index in [-0.39, 0.29) is 0 Å². The quantitative estimate of drug-likeness (QED) is 0.751. The number of aromatic nitrogens is 2. The third-order valence-electron chi connectivity index (χ3n) is 2.70. The van der Waals surface area contributed by atoms with Crippen molar-refractivity contribution >= 4 is 5.82 Å². The van der Waals surface area contributed by atoms with Crippen molar-refractivity contribution in [3.8, 4) is 0 Å². The molecule has 13 heavy (non-hydrogen) atoms. The number of anilines is 1. The van der Waals surface area contributed by atoms with Gasteiger partial charge < -0.3 is 5.32 Å². The summed E-state index contributed by atoms with van der Waals surface area (Å²) >= 11 is 0. The molecule has 1 N–H and O–H groups in total. The van der Waals surface area contributed by atoms with Crippen LogP contribution in [0.1, 0.15) is 36.6 Å². The molecule has 0 unspecified atom stereocenters. The average Bonchev–Trinajstić information content (AvgIpc) is 2.05. The zero-order chi connectivity index (χ0) is 9.26. The first-order valence-electron chi connectivity index (χ1n) is 4.82. The summed E-state index contributed by atoms with van der Waals surface area (Å²) in [6, 6.07) is 0. The van der Waals surface area contributed by atoms with Crippen LogP contribution in [0.4, 0.5) is 5.82 Å². The van der Waals surface area contributed by atoms with E-state index in [1.54, 1.807) is 0 Å². The third kappa shape index (κ3) is 1.50. The number of rotatable bonds is 2. The van der Waals surface area contributed by atoms with Gasteiger partial charge in [0.1, 0.15) is 11.6 Å². The van der Waals surface area contributed by atoms with Crippen molar-refractivity contribution < 1.29 is 0 Å². The number of nitrogens with zero attached hydrogens (tertiary/aromatic N) is 2. The lowest BCUT2D eigenvalue weighted by atomic mass is 9.85. The molecular formula is C10H15N3. The van der Waals surface area contributed by atoms with E-state index in [2.05, 4.69) is 15.3 Å². The first-order chi connectivity index (χ1) is 6.31. The molecule has 0 radical (unpaired) electrons. The molecule has 0 aliphatic heterocycles. The van der Waals surface area contributed by atoms with Crippen LogP contribution in [0.3, 0.4) is 0 Å². The molecule has 70 valence electrons. The number of nitrogens with one attached hydrogen (secondary N) is 1. The molecule has 0 atom stereocenters. The van der Waals surface area contributed by atoms with Crippen LogP contribution in [0, 0.1) is 6.92 Å². The Morgan fingerprint density at radius 2 is 2.23 bits per heavy atom. The molecule has 0 aromatic carbocycles. The second kappa shape index (κ2) is 3.32. The molecule has 0 spiro atoms.